The molecule has 17 heavy (non-hydrogen) atoms. The third-order valence-electron chi connectivity index (χ3n) is 2.86. The monoisotopic (exact) mass is 234 g/mol. The van der Waals surface area contributed by atoms with Crippen LogP contribution in [0.4, 0.5) is 5.69 Å². The fourth-order valence-electron chi connectivity index (χ4n) is 1.45. The van der Waals surface area contributed by atoms with Gasteiger partial charge >= 0.3 is 0 Å². The Morgan fingerprint density at radius 3 is 2.82 bits per heavy atom. The average Bonchev–Trinajstić information content (AvgIpc) is 2.67. The van der Waals surface area contributed by atoms with Gasteiger partial charge in [-0.1, -0.05) is 13.8 Å². The van der Waals surface area contributed by atoms with E-state index in [1.54, 1.807) is 12.1 Å². The van der Waals surface area contributed by atoms with Crippen LogP contribution in [-0.4, -0.2) is 11.1 Å². The second-order valence-electron chi connectivity index (χ2n) is 4.59. The molecule has 2 N–H and O–H groups in total. The van der Waals surface area contributed by atoms with E-state index in [-0.39, 0.29) is 6.10 Å². The standard InChI is InChI=1S/C13H18N2O2/c1-8(2)9(3)16-7-13-15-11-6-10(14)4-5-12(11)17-13/h4-6,8-9H,7,14H2,1-3H3. The van der Waals surface area contributed by atoms with Crippen molar-refractivity contribution in [2.45, 2.75) is 33.5 Å². The predicted octanol–water partition coefficient (Wildman–Crippen LogP) is 2.97. The first-order chi connectivity index (χ1) is 8.06. The molecule has 0 aliphatic rings. The summed E-state index contributed by atoms with van der Waals surface area (Å²) in [4.78, 5) is 4.33. The van der Waals surface area contributed by atoms with Gasteiger partial charge in [-0.25, -0.2) is 4.98 Å². The van der Waals surface area contributed by atoms with E-state index in [1.165, 1.54) is 0 Å². The normalized spacial score (nSPS) is 13.4. The molecule has 0 saturated carbocycles. The first-order valence-electron chi connectivity index (χ1n) is 5.83. The minimum Gasteiger partial charge on any atom is -0.438 e. The lowest BCUT2D eigenvalue weighted by molar-refractivity contribution is 0.0133. The summed E-state index contributed by atoms with van der Waals surface area (Å²) in [5, 5.41) is 0. The number of nitrogen functional groups attached to an aromatic ring is 1. The molecule has 0 fully saturated rings. The minimum atomic E-state index is 0.190. The maximum atomic E-state index is 5.68. The summed E-state index contributed by atoms with van der Waals surface area (Å²) in [6.45, 7) is 6.69. The number of hydrogen-bond donors (Lipinski definition) is 1. The molecular formula is C13H18N2O2. The van der Waals surface area contributed by atoms with E-state index in [0.29, 0.717) is 24.1 Å². The quantitative estimate of drug-likeness (QED) is 0.826. The molecule has 0 aliphatic heterocycles. The van der Waals surface area contributed by atoms with E-state index in [9.17, 15) is 0 Å². The summed E-state index contributed by atoms with van der Waals surface area (Å²) < 4.78 is 11.2. The van der Waals surface area contributed by atoms with Gasteiger partial charge in [0, 0.05) is 5.69 Å². The van der Waals surface area contributed by atoms with Crippen LogP contribution in [0.25, 0.3) is 11.1 Å². The molecule has 0 saturated heterocycles. The molecule has 0 aliphatic carbocycles. The van der Waals surface area contributed by atoms with Crippen molar-refractivity contribution in [3.63, 3.8) is 0 Å². The number of benzene rings is 1. The van der Waals surface area contributed by atoms with Gasteiger partial charge in [0.2, 0.25) is 5.89 Å². The van der Waals surface area contributed by atoms with E-state index in [1.807, 2.05) is 13.0 Å². The zero-order chi connectivity index (χ0) is 12.4. The number of nitrogens with zero attached hydrogens (tertiary/aromatic N) is 1. The molecule has 0 spiro atoms. The number of aromatic nitrogens is 1. The maximum absolute atomic E-state index is 5.68. The molecule has 1 heterocycles. The van der Waals surface area contributed by atoms with Gasteiger partial charge in [-0.15, -0.1) is 0 Å². The van der Waals surface area contributed by atoms with Gasteiger partial charge in [-0.05, 0) is 31.0 Å². The Morgan fingerprint density at radius 2 is 2.12 bits per heavy atom. The summed E-state index contributed by atoms with van der Waals surface area (Å²) in [6, 6.07) is 5.43. The van der Waals surface area contributed by atoms with Crippen LogP contribution in [-0.2, 0) is 11.3 Å². The van der Waals surface area contributed by atoms with Crippen molar-refractivity contribution in [1.82, 2.24) is 4.98 Å². The van der Waals surface area contributed by atoms with Gasteiger partial charge in [-0.2, -0.15) is 0 Å². The van der Waals surface area contributed by atoms with Crippen molar-refractivity contribution < 1.29 is 9.15 Å². The van der Waals surface area contributed by atoms with E-state index in [4.69, 9.17) is 14.9 Å². The number of ether oxygens (including phenoxy) is 1. The highest BCUT2D eigenvalue weighted by Crippen LogP contribution is 2.19. The molecular weight excluding hydrogens is 216 g/mol. The molecule has 1 aromatic heterocycles. The maximum Gasteiger partial charge on any atom is 0.221 e. The number of oxazole rings is 1. The summed E-state index contributed by atoms with van der Waals surface area (Å²) in [5.74, 6) is 1.08. The van der Waals surface area contributed by atoms with Crippen LogP contribution >= 0.6 is 0 Å². The van der Waals surface area contributed by atoms with Crippen molar-refractivity contribution >= 4 is 16.8 Å². The third-order valence-corrected chi connectivity index (χ3v) is 2.86. The number of fused-ring (bicyclic) bond motifs is 1. The highest BCUT2D eigenvalue weighted by atomic mass is 16.5. The van der Waals surface area contributed by atoms with Crippen LogP contribution in [0.1, 0.15) is 26.7 Å². The Hall–Kier alpha value is -1.55. The molecule has 0 amide bonds. The highest BCUT2D eigenvalue weighted by Gasteiger charge is 2.10. The molecule has 2 rings (SSSR count). The Bertz CT molecular complexity index is 505. The Labute approximate surface area is 101 Å². The number of hydrogen-bond acceptors (Lipinski definition) is 4. The second-order valence-corrected chi connectivity index (χ2v) is 4.59. The molecule has 4 nitrogen and oxygen atoms in total. The molecule has 2 aromatic rings. The smallest absolute Gasteiger partial charge is 0.221 e. The number of anilines is 1. The largest absolute Gasteiger partial charge is 0.438 e. The van der Waals surface area contributed by atoms with Crippen molar-refractivity contribution in [2.24, 2.45) is 5.92 Å². The lowest BCUT2D eigenvalue weighted by atomic mass is 10.1. The Kier molecular flexibility index (Phi) is 3.33. The minimum absolute atomic E-state index is 0.190. The molecule has 1 unspecified atom stereocenters. The number of rotatable bonds is 4. The van der Waals surface area contributed by atoms with Gasteiger partial charge in [0.15, 0.2) is 5.58 Å². The van der Waals surface area contributed by atoms with E-state index in [2.05, 4.69) is 18.8 Å². The number of nitrogens with two attached hydrogens (primary N) is 1. The first kappa shape index (κ1) is 11.9. The van der Waals surface area contributed by atoms with Crippen LogP contribution in [0.15, 0.2) is 22.6 Å². The molecule has 0 radical (unpaired) electrons. The van der Waals surface area contributed by atoms with Crippen LogP contribution in [0.2, 0.25) is 0 Å². The zero-order valence-corrected chi connectivity index (χ0v) is 10.4. The van der Waals surface area contributed by atoms with E-state index >= 15 is 0 Å². The predicted molar refractivity (Wildman–Crippen MR) is 67.5 cm³/mol. The van der Waals surface area contributed by atoms with Gasteiger partial charge in [0.25, 0.3) is 0 Å². The van der Waals surface area contributed by atoms with E-state index < -0.39 is 0 Å². The van der Waals surface area contributed by atoms with Crippen LogP contribution in [0.5, 0.6) is 0 Å². The molecule has 1 atom stereocenters. The van der Waals surface area contributed by atoms with Crippen LogP contribution in [0, 0.1) is 5.92 Å². The summed E-state index contributed by atoms with van der Waals surface area (Å²) in [7, 11) is 0. The summed E-state index contributed by atoms with van der Waals surface area (Å²) >= 11 is 0. The van der Waals surface area contributed by atoms with Gasteiger partial charge in [-0.3, -0.25) is 0 Å². The van der Waals surface area contributed by atoms with Gasteiger partial charge in [0.1, 0.15) is 12.1 Å². The van der Waals surface area contributed by atoms with Crippen molar-refractivity contribution in [3.8, 4) is 0 Å². The van der Waals surface area contributed by atoms with Crippen molar-refractivity contribution in [2.75, 3.05) is 5.73 Å². The molecule has 1 aromatic carbocycles. The fraction of sp³-hybridized carbons (Fsp3) is 0.462. The topological polar surface area (TPSA) is 61.3 Å². The molecule has 92 valence electrons. The third kappa shape index (κ3) is 2.77. The first-order valence-corrected chi connectivity index (χ1v) is 5.83. The van der Waals surface area contributed by atoms with E-state index in [0.717, 1.165) is 11.1 Å². The van der Waals surface area contributed by atoms with Gasteiger partial charge in [0.05, 0.1) is 6.10 Å². The van der Waals surface area contributed by atoms with Crippen LogP contribution in [0.3, 0.4) is 0 Å². The van der Waals surface area contributed by atoms with Gasteiger partial charge < -0.3 is 14.9 Å². The Morgan fingerprint density at radius 1 is 1.35 bits per heavy atom. The SMILES string of the molecule is CC(C)C(C)OCc1nc2cc(N)ccc2o1. The lowest BCUT2D eigenvalue weighted by Crippen LogP contribution is -2.15. The summed E-state index contributed by atoms with van der Waals surface area (Å²) in [6.07, 6.45) is 0.190. The molecule has 0 bridgehead atoms. The second kappa shape index (κ2) is 4.75. The lowest BCUT2D eigenvalue weighted by Gasteiger charge is -2.14. The highest BCUT2D eigenvalue weighted by molar-refractivity contribution is 5.76. The fourth-order valence-corrected chi connectivity index (χ4v) is 1.45. The average molecular weight is 234 g/mol. The van der Waals surface area contributed by atoms with Crippen molar-refractivity contribution in [3.05, 3.63) is 24.1 Å². The van der Waals surface area contributed by atoms with Crippen LogP contribution < -0.4 is 5.73 Å². The zero-order valence-electron chi connectivity index (χ0n) is 10.4. The Balaban J connectivity index is 2.09. The summed E-state index contributed by atoms with van der Waals surface area (Å²) in [5.41, 5.74) is 7.89. The van der Waals surface area contributed by atoms with Crippen molar-refractivity contribution in [1.29, 1.82) is 0 Å². The molecule has 4 heteroatoms.